The zero-order valence-corrected chi connectivity index (χ0v) is 16.9. The molecule has 2 aliphatic rings. The fraction of sp³-hybridized carbons (Fsp3) is 0.217. The number of imide groups is 1. The molecule has 0 radical (unpaired) electrons. The number of hydrogen-bond acceptors (Lipinski definition) is 5. The minimum atomic E-state index is -0.824. The number of benzene rings is 2. The summed E-state index contributed by atoms with van der Waals surface area (Å²) in [6.45, 7) is 3.91. The van der Waals surface area contributed by atoms with Crippen molar-refractivity contribution < 1.29 is 14.4 Å². The van der Waals surface area contributed by atoms with Gasteiger partial charge in [-0.15, -0.1) is 11.3 Å². The van der Waals surface area contributed by atoms with E-state index in [1.165, 1.54) is 4.90 Å². The minimum Gasteiger partial charge on any atom is -0.273 e. The molecule has 1 aromatic heterocycles. The predicted molar refractivity (Wildman–Crippen MR) is 113 cm³/mol. The molecule has 3 aromatic rings. The summed E-state index contributed by atoms with van der Waals surface area (Å²) >= 11 is 1.57. The van der Waals surface area contributed by atoms with Gasteiger partial charge in [-0.1, -0.05) is 42.0 Å². The van der Waals surface area contributed by atoms with E-state index in [0.717, 1.165) is 21.7 Å². The molecular weight excluding hydrogens is 384 g/mol. The van der Waals surface area contributed by atoms with Gasteiger partial charge >= 0.3 is 0 Å². The Bertz CT molecular complexity index is 1080. The number of carbonyl (C=O) groups excluding carboxylic acids is 2. The number of carbonyl (C=O) groups is 2. The molecule has 5 nitrogen and oxygen atoms in total. The van der Waals surface area contributed by atoms with Crippen LogP contribution in [0, 0.1) is 19.8 Å². The minimum absolute atomic E-state index is 0.205. The highest BCUT2D eigenvalue weighted by Gasteiger charge is 2.60. The van der Waals surface area contributed by atoms with Crippen LogP contribution in [0.15, 0.2) is 66.0 Å². The van der Waals surface area contributed by atoms with Crippen LogP contribution in [0.25, 0.3) is 0 Å². The Kier molecular flexibility index (Phi) is 4.26. The summed E-state index contributed by atoms with van der Waals surface area (Å²) in [5.41, 5.74) is 3.46. The third kappa shape index (κ3) is 2.79. The summed E-state index contributed by atoms with van der Waals surface area (Å²) in [4.78, 5) is 35.3. The van der Waals surface area contributed by atoms with Crippen LogP contribution < -0.4 is 9.96 Å². The SMILES string of the molecule is Cc1ccc(N2C(=O)[C@H]3[C@@H](ON(c4ccccc4)[C@H]3c3cccs3)C2=O)c(C)c1. The van der Waals surface area contributed by atoms with Gasteiger partial charge in [0.15, 0.2) is 6.10 Å². The van der Waals surface area contributed by atoms with E-state index in [1.54, 1.807) is 16.4 Å². The van der Waals surface area contributed by atoms with Crippen molar-refractivity contribution in [3.8, 4) is 0 Å². The second-order valence-corrected chi connectivity index (χ2v) is 8.45. The van der Waals surface area contributed by atoms with E-state index >= 15 is 0 Å². The third-order valence-electron chi connectivity index (χ3n) is 5.55. The Morgan fingerprint density at radius 3 is 2.41 bits per heavy atom. The second kappa shape index (κ2) is 6.83. The topological polar surface area (TPSA) is 49.9 Å². The maximum atomic E-state index is 13.5. The molecule has 2 aromatic carbocycles. The quantitative estimate of drug-likeness (QED) is 0.607. The molecule has 0 aliphatic carbocycles. The Morgan fingerprint density at radius 1 is 0.931 bits per heavy atom. The number of aryl methyl sites for hydroxylation is 2. The van der Waals surface area contributed by atoms with Gasteiger partial charge in [0.05, 0.1) is 11.4 Å². The summed E-state index contributed by atoms with van der Waals surface area (Å²) < 4.78 is 0. The molecule has 3 atom stereocenters. The molecule has 2 amide bonds. The van der Waals surface area contributed by atoms with Gasteiger partial charge < -0.3 is 0 Å². The van der Waals surface area contributed by atoms with Crippen LogP contribution in [0.2, 0.25) is 0 Å². The second-order valence-electron chi connectivity index (χ2n) is 7.48. The van der Waals surface area contributed by atoms with Gasteiger partial charge in [0.1, 0.15) is 12.0 Å². The highest BCUT2D eigenvalue weighted by atomic mass is 32.1. The van der Waals surface area contributed by atoms with Crippen molar-refractivity contribution in [3.05, 3.63) is 82.0 Å². The summed E-state index contributed by atoms with van der Waals surface area (Å²) in [7, 11) is 0. The van der Waals surface area contributed by atoms with Crippen LogP contribution in [0.1, 0.15) is 22.0 Å². The zero-order valence-electron chi connectivity index (χ0n) is 16.1. The first kappa shape index (κ1) is 18.1. The standard InChI is InChI=1S/C23H20N2O3S/c1-14-10-11-17(15(2)13-14)24-22(26)19-20(18-9-6-12-29-18)25(28-21(19)23(24)27)16-7-4-3-5-8-16/h3-13,19-21H,1-2H3/t19-,20+,21-/m1/s1. The Morgan fingerprint density at radius 2 is 1.72 bits per heavy atom. The van der Waals surface area contributed by atoms with E-state index in [2.05, 4.69) is 0 Å². The van der Waals surface area contributed by atoms with Crippen molar-refractivity contribution in [2.75, 3.05) is 9.96 Å². The lowest BCUT2D eigenvalue weighted by molar-refractivity contribution is -0.126. The molecule has 0 saturated carbocycles. The van der Waals surface area contributed by atoms with E-state index in [4.69, 9.17) is 4.84 Å². The maximum Gasteiger partial charge on any atom is 0.266 e. The van der Waals surface area contributed by atoms with Crippen LogP contribution >= 0.6 is 11.3 Å². The lowest BCUT2D eigenvalue weighted by Crippen LogP contribution is -2.37. The maximum absolute atomic E-state index is 13.5. The molecule has 0 N–H and O–H groups in total. The van der Waals surface area contributed by atoms with Gasteiger partial charge in [-0.3, -0.25) is 14.4 Å². The first-order chi connectivity index (χ1) is 14.1. The van der Waals surface area contributed by atoms with Crippen LogP contribution in [-0.2, 0) is 14.4 Å². The molecule has 2 saturated heterocycles. The monoisotopic (exact) mass is 404 g/mol. The Balaban J connectivity index is 1.58. The average Bonchev–Trinajstić information content (AvgIpc) is 3.41. The van der Waals surface area contributed by atoms with E-state index in [0.29, 0.717) is 5.69 Å². The van der Waals surface area contributed by atoms with Gasteiger partial charge in [0.2, 0.25) is 5.91 Å². The largest absolute Gasteiger partial charge is 0.273 e. The summed E-state index contributed by atoms with van der Waals surface area (Å²) in [5, 5.41) is 3.71. The van der Waals surface area contributed by atoms with Crippen LogP contribution in [0.4, 0.5) is 11.4 Å². The smallest absolute Gasteiger partial charge is 0.266 e. The van der Waals surface area contributed by atoms with Crippen LogP contribution in [0.3, 0.4) is 0 Å². The van der Waals surface area contributed by atoms with Crippen molar-refractivity contribution >= 4 is 34.5 Å². The van der Waals surface area contributed by atoms with Crippen molar-refractivity contribution in [1.29, 1.82) is 0 Å². The number of para-hydroxylation sites is 1. The molecule has 0 bridgehead atoms. The summed E-state index contributed by atoms with van der Waals surface area (Å²) in [6, 6.07) is 19.0. The van der Waals surface area contributed by atoms with Gasteiger partial charge in [-0.05, 0) is 49.1 Å². The van der Waals surface area contributed by atoms with E-state index in [-0.39, 0.29) is 17.9 Å². The van der Waals surface area contributed by atoms with Crippen molar-refractivity contribution in [1.82, 2.24) is 0 Å². The molecule has 29 heavy (non-hydrogen) atoms. The Labute approximate surface area is 173 Å². The summed E-state index contributed by atoms with van der Waals surface area (Å²) in [5.74, 6) is -1.09. The molecule has 5 rings (SSSR count). The number of amides is 2. The van der Waals surface area contributed by atoms with E-state index in [1.807, 2.05) is 79.9 Å². The number of nitrogens with zero attached hydrogens (tertiary/aromatic N) is 2. The lowest BCUT2D eigenvalue weighted by atomic mass is 9.95. The number of thiophene rings is 1. The normalized spacial score (nSPS) is 23.7. The zero-order chi connectivity index (χ0) is 20.1. The fourth-order valence-electron chi connectivity index (χ4n) is 4.26. The number of rotatable bonds is 3. The van der Waals surface area contributed by atoms with Crippen LogP contribution in [-0.4, -0.2) is 17.9 Å². The van der Waals surface area contributed by atoms with E-state index in [9.17, 15) is 9.59 Å². The average molecular weight is 404 g/mol. The van der Waals surface area contributed by atoms with Gasteiger partial charge in [-0.25, -0.2) is 9.96 Å². The highest BCUT2D eigenvalue weighted by Crippen LogP contribution is 2.48. The first-order valence-corrected chi connectivity index (χ1v) is 10.4. The molecular formula is C23H20N2O3S. The van der Waals surface area contributed by atoms with Gasteiger partial charge in [0, 0.05) is 4.88 Å². The molecule has 6 heteroatoms. The Hall–Kier alpha value is -2.96. The molecule has 2 fully saturated rings. The lowest BCUT2D eigenvalue weighted by Gasteiger charge is -2.28. The first-order valence-electron chi connectivity index (χ1n) is 9.56. The molecule has 0 spiro atoms. The number of anilines is 2. The number of hydroxylamine groups is 1. The molecule has 146 valence electrons. The highest BCUT2D eigenvalue weighted by molar-refractivity contribution is 7.10. The molecule has 0 unspecified atom stereocenters. The molecule has 3 heterocycles. The van der Waals surface area contributed by atoms with E-state index < -0.39 is 12.0 Å². The number of fused-ring (bicyclic) bond motifs is 1. The van der Waals surface area contributed by atoms with Crippen molar-refractivity contribution in [3.63, 3.8) is 0 Å². The van der Waals surface area contributed by atoms with Crippen molar-refractivity contribution in [2.45, 2.75) is 26.0 Å². The van der Waals surface area contributed by atoms with Crippen molar-refractivity contribution in [2.24, 2.45) is 5.92 Å². The van der Waals surface area contributed by atoms with Gasteiger partial charge in [0.25, 0.3) is 5.91 Å². The predicted octanol–water partition coefficient (Wildman–Crippen LogP) is 4.42. The fourth-order valence-corrected chi connectivity index (χ4v) is 5.11. The van der Waals surface area contributed by atoms with Gasteiger partial charge in [-0.2, -0.15) is 0 Å². The third-order valence-corrected chi connectivity index (χ3v) is 6.50. The number of hydrogen-bond donors (Lipinski definition) is 0. The van der Waals surface area contributed by atoms with Crippen LogP contribution in [0.5, 0.6) is 0 Å². The molecule has 2 aliphatic heterocycles. The summed E-state index contributed by atoms with van der Waals surface area (Å²) in [6.07, 6.45) is -0.824.